The molecule has 3 rings (SSSR count). The van der Waals surface area contributed by atoms with Gasteiger partial charge in [0.05, 0.1) is 23.8 Å². The van der Waals surface area contributed by atoms with Gasteiger partial charge in [0.25, 0.3) is 5.91 Å². The molecular formula is C13H16N2O5S. The summed E-state index contributed by atoms with van der Waals surface area (Å²) in [6, 6.07) is 4.48. The molecule has 2 aliphatic rings. The lowest BCUT2D eigenvalue weighted by Gasteiger charge is -2.27. The van der Waals surface area contributed by atoms with Gasteiger partial charge in [-0.05, 0) is 19.1 Å². The molecule has 0 aromatic heterocycles. The molecule has 8 heteroatoms. The van der Waals surface area contributed by atoms with Crippen molar-refractivity contribution in [3.63, 3.8) is 0 Å². The van der Waals surface area contributed by atoms with Crippen LogP contribution in [0.25, 0.3) is 0 Å². The van der Waals surface area contributed by atoms with Crippen molar-refractivity contribution >= 4 is 21.6 Å². The molecule has 1 atom stereocenters. The van der Waals surface area contributed by atoms with Crippen molar-refractivity contribution in [2.45, 2.75) is 17.9 Å². The Bertz CT molecular complexity index is 667. The number of nitrogens with zero attached hydrogens (tertiary/aromatic N) is 1. The van der Waals surface area contributed by atoms with Crippen LogP contribution >= 0.6 is 0 Å². The molecule has 114 valence electrons. The molecule has 0 saturated carbocycles. The van der Waals surface area contributed by atoms with Gasteiger partial charge in [0, 0.05) is 19.2 Å². The number of morpholine rings is 1. The molecule has 0 spiro atoms. The van der Waals surface area contributed by atoms with E-state index in [9.17, 15) is 13.2 Å². The van der Waals surface area contributed by atoms with E-state index in [0.717, 1.165) is 0 Å². The van der Waals surface area contributed by atoms with E-state index < -0.39 is 16.1 Å². The Morgan fingerprint density at radius 2 is 2.00 bits per heavy atom. The minimum atomic E-state index is -3.57. The molecule has 0 aliphatic carbocycles. The summed E-state index contributed by atoms with van der Waals surface area (Å²) in [5, 5.41) is 2.68. The number of anilines is 1. The van der Waals surface area contributed by atoms with Gasteiger partial charge in [0.15, 0.2) is 6.10 Å². The highest BCUT2D eigenvalue weighted by Crippen LogP contribution is 2.32. The molecule has 21 heavy (non-hydrogen) atoms. The first-order valence-electron chi connectivity index (χ1n) is 6.68. The second-order valence-corrected chi connectivity index (χ2v) is 6.86. The molecule has 2 heterocycles. The van der Waals surface area contributed by atoms with Gasteiger partial charge in [-0.3, -0.25) is 4.79 Å². The molecule has 2 aliphatic heterocycles. The van der Waals surface area contributed by atoms with Gasteiger partial charge in [-0.2, -0.15) is 4.31 Å². The third-order valence-corrected chi connectivity index (χ3v) is 5.39. The largest absolute Gasteiger partial charge is 0.479 e. The molecule has 1 unspecified atom stereocenters. The lowest BCUT2D eigenvalue weighted by molar-refractivity contribution is -0.122. The van der Waals surface area contributed by atoms with Crippen molar-refractivity contribution in [1.82, 2.24) is 4.31 Å². The van der Waals surface area contributed by atoms with E-state index in [0.29, 0.717) is 37.7 Å². The van der Waals surface area contributed by atoms with Gasteiger partial charge in [0.2, 0.25) is 10.0 Å². The number of carbonyl (C=O) groups excluding carboxylic acids is 1. The molecule has 1 aromatic carbocycles. The molecule has 0 bridgehead atoms. The summed E-state index contributed by atoms with van der Waals surface area (Å²) in [5.74, 6) is 0.128. The Labute approximate surface area is 122 Å². The van der Waals surface area contributed by atoms with Gasteiger partial charge < -0.3 is 14.8 Å². The fourth-order valence-corrected chi connectivity index (χ4v) is 3.70. The van der Waals surface area contributed by atoms with E-state index in [2.05, 4.69) is 5.32 Å². The third kappa shape index (κ3) is 2.61. The van der Waals surface area contributed by atoms with Crippen LogP contribution in [-0.2, 0) is 19.6 Å². The van der Waals surface area contributed by atoms with Crippen LogP contribution in [0.15, 0.2) is 23.1 Å². The third-order valence-electron chi connectivity index (χ3n) is 3.49. The van der Waals surface area contributed by atoms with Crippen molar-refractivity contribution in [3.8, 4) is 5.75 Å². The van der Waals surface area contributed by atoms with Crippen LogP contribution in [0.2, 0.25) is 0 Å². The molecule has 0 radical (unpaired) electrons. The van der Waals surface area contributed by atoms with Crippen molar-refractivity contribution in [2.75, 3.05) is 31.6 Å². The number of fused-ring (bicyclic) bond motifs is 1. The minimum absolute atomic E-state index is 0.159. The average molecular weight is 312 g/mol. The number of carbonyl (C=O) groups is 1. The monoisotopic (exact) mass is 312 g/mol. The number of benzene rings is 1. The fraction of sp³-hybridized carbons (Fsp3) is 0.462. The highest BCUT2D eigenvalue weighted by Gasteiger charge is 2.29. The van der Waals surface area contributed by atoms with Crippen LogP contribution < -0.4 is 10.1 Å². The summed E-state index contributed by atoms with van der Waals surface area (Å²) in [4.78, 5) is 11.7. The number of hydrogen-bond donors (Lipinski definition) is 1. The Hall–Kier alpha value is -1.64. The first-order chi connectivity index (χ1) is 9.98. The molecule has 1 fully saturated rings. The first kappa shape index (κ1) is 14.3. The topological polar surface area (TPSA) is 84.9 Å². The van der Waals surface area contributed by atoms with Crippen LogP contribution in [0.3, 0.4) is 0 Å². The van der Waals surface area contributed by atoms with E-state index >= 15 is 0 Å². The standard InChI is InChI=1S/C13H16N2O5S/c1-9-13(16)14-11-3-2-10(8-12(11)20-9)21(17,18)15-4-6-19-7-5-15/h2-3,8-9H,4-7H2,1H3,(H,14,16). The summed E-state index contributed by atoms with van der Waals surface area (Å²) in [7, 11) is -3.57. The summed E-state index contributed by atoms with van der Waals surface area (Å²) in [6.07, 6.45) is -0.640. The molecule has 1 N–H and O–H groups in total. The second kappa shape index (κ2) is 5.28. The molecule has 1 saturated heterocycles. The number of nitrogens with one attached hydrogen (secondary N) is 1. The number of hydrogen-bond acceptors (Lipinski definition) is 5. The predicted molar refractivity (Wildman–Crippen MR) is 74.7 cm³/mol. The maximum Gasteiger partial charge on any atom is 0.265 e. The zero-order chi connectivity index (χ0) is 15.0. The summed E-state index contributed by atoms with van der Waals surface area (Å²) < 4.78 is 37.1. The van der Waals surface area contributed by atoms with Crippen LogP contribution in [-0.4, -0.2) is 51.0 Å². The van der Waals surface area contributed by atoms with E-state index in [1.54, 1.807) is 13.0 Å². The highest BCUT2D eigenvalue weighted by molar-refractivity contribution is 7.89. The van der Waals surface area contributed by atoms with Crippen LogP contribution in [0.5, 0.6) is 5.75 Å². The number of rotatable bonds is 2. The first-order valence-corrected chi connectivity index (χ1v) is 8.12. The number of ether oxygens (including phenoxy) is 2. The quantitative estimate of drug-likeness (QED) is 0.856. The molecule has 1 amide bonds. The van der Waals surface area contributed by atoms with Crippen LogP contribution in [0, 0.1) is 0 Å². The van der Waals surface area contributed by atoms with Gasteiger partial charge >= 0.3 is 0 Å². The van der Waals surface area contributed by atoms with Crippen molar-refractivity contribution in [1.29, 1.82) is 0 Å². The minimum Gasteiger partial charge on any atom is -0.479 e. The van der Waals surface area contributed by atoms with Crippen LogP contribution in [0.1, 0.15) is 6.92 Å². The fourth-order valence-electron chi connectivity index (χ4n) is 2.28. The van der Waals surface area contributed by atoms with Crippen molar-refractivity contribution < 1.29 is 22.7 Å². The Morgan fingerprint density at radius 3 is 2.71 bits per heavy atom. The highest BCUT2D eigenvalue weighted by atomic mass is 32.2. The Balaban J connectivity index is 1.93. The molecular weight excluding hydrogens is 296 g/mol. The maximum absolute atomic E-state index is 12.5. The lowest BCUT2D eigenvalue weighted by atomic mass is 10.2. The summed E-state index contributed by atoms with van der Waals surface area (Å²) in [5.41, 5.74) is 0.485. The van der Waals surface area contributed by atoms with Crippen molar-refractivity contribution in [3.05, 3.63) is 18.2 Å². The van der Waals surface area contributed by atoms with E-state index in [1.807, 2.05) is 0 Å². The lowest BCUT2D eigenvalue weighted by Crippen LogP contribution is -2.40. The van der Waals surface area contributed by atoms with Gasteiger partial charge in [-0.1, -0.05) is 0 Å². The van der Waals surface area contributed by atoms with E-state index in [1.165, 1.54) is 16.4 Å². The maximum atomic E-state index is 12.5. The van der Waals surface area contributed by atoms with E-state index in [4.69, 9.17) is 9.47 Å². The number of amides is 1. The Kier molecular flexibility index (Phi) is 3.60. The molecule has 1 aromatic rings. The summed E-state index contributed by atoms with van der Waals surface area (Å²) in [6.45, 7) is 3.09. The Morgan fingerprint density at radius 1 is 1.29 bits per heavy atom. The van der Waals surface area contributed by atoms with Crippen molar-refractivity contribution in [2.24, 2.45) is 0 Å². The summed E-state index contributed by atoms with van der Waals surface area (Å²) >= 11 is 0. The van der Waals surface area contributed by atoms with Gasteiger partial charge in [-0.15, -0.1) is 0 Å². The van der Waals surface area contributed by atoms with Gasteiger partial charge in [0.1, 0.15) is 5.75 Å². The molecule has 7 nitrogen and oxygen atoms in total. The number of sulfonamides is 1. The van der Waals surface area contributed by atoms with Crippen LogP contribution in [0.4, 0.5) is 5.69 Å². The van der Waals surface area contributed by atoms with E-state index in [-0.39, 0.29) is 10.8 Å². The smallest absolute Gasteiger partial charge is 0.265 e. The average Bonchev–Trinajstić information content (AvgIpc) is 2.49. The zero-order valence-electron chi connectivity index (χ0n) is 11.5. The zero-order valence-corrected chi connectivity index (χ0v) is 12.4. The normalized spacial score (nSPS) is 23.1. The predicted octanol–water partition coefficient (Wildman–Crippen LogP) is 0.427. The SMILES string of the molecule is CC1Oc2cc(S(=O)(=O)N3CCOCC3)ccc2NC1=O. The second-order valence-electron chi connectivity index (χ2n) is 4.92. The van der Waals surface area contributed by atoms with Gasteiger partial charge in [-0.25, -0.2) is 8.42 Å².